The molecule has 2 aromatic rings. The van der Waals surface area contributed by atoms with Gasteiger partial charge in [-0.1, -0.05) is 30.3 Å². The second kappa shape index (κ2) is 6.27. The van der Waals surface area contributed by atoms with Gasteiger partial charge < -0.3 is 10.2 Å². The van der Waals surface area contributed by atoms with E-state index in [9.17, 15) is 9.59 Å². The zero-order valence-corrected chi connectivity index (χ0v) is 13.0. The van der Waals surface area contributed by atoms with E-state index in [1.807, 2.05) is 35.7 Å². The highest BCUT2D eigenvalue weighted by molar-refractivity contribution is 7.13. The number of aromatic nitrogens is 1. The van der Waals surface area contributed by atoms with Crippen LogP contribution >= 0.6 is 11.3 Å². The Hall–Kier alpha value is -2.21. The summed E-state index contributed by atoms with van der Waals surface area (Å²) in [5.41, 5.74) is 0.984. The lowest BCUT2D eigenvalue weighted by Gasteiger charge is -2.38. The van der Waals surface area contributed by atoms with E-state index in [1.165, 1.54) is 11.3 Å². The highest BCUT2D eigenvalue weighted by Crippen LogP contribution is 2.36. The van der Waals surface area contributed by atoms with Crippen LogP contribution in [0.3, 0.4) is 0 Å². The molecule has 0 spiro atoms. The minimum absolute atomic E-state index is 0.0761. The van der Waals surface area contributed by atoms with E-state index < -0.39 is 0 Å². The summed E-state index contributed by atoms with van der Waals surface area (Å²) in [5, 5.41) is 5.27. The van der Waals surface area contributed by atoms with Gasteiger partial charge in [-0.15, -0.1) is 11.3 Å². The Labute approximate surface area is 133 Å². The summed E-state index contributed by atoms with van der Waals surface area (Å²) in [5.74, 6) is -0.274. The maximum absolute atomic E-state index is 12.6. The third-order valence-electron chi connectivity index (χ3n) is 4.00. The van der Waals surface area contributed by atoms with Crippen molar-refractivity contribution in [1.29, 1.82) is 0 Å². The van der Waals surface area contributed by atoms with Gasteiger partial charge in [-0.3, -0.25) is 9.59 Å². The maximum atomic E-state index is 12.6. The van der Waals surface area contributed by atoms with E-state index in [0.717, 1.165) is 5.56 Å². The maximum Gasteiger partial charge on any atom is 0.231 e. The number of benzene rings is 1. The Morgan fingerprint density at radius 3 is 2.82 bits per heavy atom. The summed E-state index contributed by atoms with van der Waals surface area (Å²) in [6.45, 7) is 0. The number of amides is 2. The van der Waals surface area contributed by atoms with Gasteiger partial charge in [0, 0.05) is 25.0 Å². The number of anilines is 1. The molecule has 1 fully saturated rings. The number of carbonyl (C=O) groups is 2. The fourth-order valence-electron chi connectivity index (χ4n) is 2.90. The van der Waals surface area contributed by atoms with Crippen molar-refractivity contribution < 1.29 is 9.59 Å². The average molecular weight is 315 g/mol. The largest absolute Gasteiger partial charge is 0.338 e. The third-order valence-corrected chi connectivity index (χ3v) is 4.69. The molecule has 1 aromatic carbocycles. The summed E-state index contributed by atoms with van der Waals surface area (Å²) in [4.78, 5) is 30.4. The lowest BCUT2D eigenvalue weighted by atomic mass is 9.84. The molecule has 6 heteroatoms. The van der Waals surface area contributed by atoms with Gasteiger partial charge in [-0.2, -0.15) is 0 Å². The van der Waals surface area contributed by atoms with Gasteiger partial charge in [0.15, 0.2) is 5.13 Å². The second-order valence-electron chi connectivity index (χ2n) is 5.33. The summed E-state index contributed by atoms with van der Waals surface area (Å²) >= 11 is 1.39. The van der Waals surface area contributed by atoms with E-state index in [0.29, 0.717) is 18.0 Å². The quantitative estimate of drug-likeness (QED) is 0.947. The van der Waals surface area contributed by atoms with E-state index in [-0.39, 0.29) is 23.8 Å². The third kappa shape index (κ3) is 2.87. The highest BCUT2D eigenvalue weighted by atomic mass is 32.1. The fourth-order valence-corrected chi connectivity index (χ4v) is 3.43. The van der Waals surface area contributed by atoms with E-state index in [4.69, 9.17) is 0 Å². The summed E-state index contributed by atoms with van der Waals surface area (Å²) < 4.78 is 0. The first kappa shape index (κ1) is 14.7. The molecule has 22 heavy (non-hydrogen) atoms. The SMILES string of the molecule is CN1C(=O)CC[C@@H](C(=O)Nc2nccs2)[C@H]1c1ccccc1. The minimum atomic E-state index is -0.269. The Kier molecular flexibility index (Phi) is 4.20. The van der Waals surface area contributed by atoms with E-state index in [1.54, 1.807) is 18.1 Å². The Balaban J connectivity index is 1.87. The van der Waals surface area contributed by atoms with Crippen LogP contribution in [0.4, 0.5) is 5.13 Å². The first-order chi connectivity index (χ1) is 10.7. The number of nitrogens with zero attached hydrogens (tertiary/aromatic N) is 2. The highest BCUT2D eigenvalue weighted by Gasteiger charge is 2.38. The molecule has 0 bridgehead atoms. The summed E-state index contributed by atoms with van der Waals surface area (Å²) in [6, 6.07) is 9.48. The Morgan fingerprint density at radius 2 is 2.14 bits per heavy atom. The van der Waals surface area contributed by atoms with Crippen LogP contribution in [-0.4, -0.2) is 28.7 Å². The van der Waals surface area contributed by atoms with Crippen molar-refractivity contribution >= 4 is 28.3 Å². The van der Waals surface area contributed by atoms with Gasteiger partial charge in [0.05, 0.1) is 12.0 Å². The Morgan fingerprint density at radius 1 is 1.36 bits per heavy atom. The van der Waals surface area contributed by atoms with Crippen LogP contribution < -0.4 is 5.32 Å². The van der Waals surface area contributed by atoms with Crippen molar-refractivity contribution in [3.63, 3.8) is 0 Å². The monoisotopic (exact) mass is 315 g/mol. The van der Waals surface area contributed by atoms with Crippen LogP contribution in [0.2, 0.25) is 0 Å². The number of piperidine rings is 1. The Bertz CT molecular complexity index is 657. The van der Waals surface area contributed by atoms with Gasteiger partial charge in [-0.25, -0.2) is 4.98 Å². The minimum Gasteiger partial charge on any atom is -0.338 e. The molecule has 1 aliphatic heterocycles. The molecule has 1 saturated heterocycles. The first-order valence-corrected chi connectivity index (χ1v) is 8.06. The number of thiazole rings is 1. The lowest BCUT2D eigenvalue weighted by Crippen LogP contribution is -2.44. The van der Waals surface area contributed by atoms with Gasteiger partial charge in [0.2, 0.25) is 11.8 Å². The molecular formula is C16H17N3O2S. The molecule has 0 unspecified atom stereocenters. The fraction of sp³-hybridized carbons (Fsp3) is 0.312. The van der Waals surface area contributed by atoms with Crippen LogP contribution in [0.25, 0.3) is 0 Å². The molecule has 2 heterocycles. The van der Waals surface area contributed by atoms with Crippen LogP contribution in [0, 0.1) is 5.92 Å². The topological polar surface area (TPSA) is 62.3 Å². The van der Waals surface area contributed by atoms with Crippen molar-refractivity contribution in [2.45, 2.75) is 18.9 Å². The first-order valence-electron chi connectivity index (χ1n) is 7.18. The predicted octanol–water partition coefficient (Wildman–Crippen LogP) is 2.69. The number of rotatable bonds is 3. The van der Waals surface area contributed by atoms with Gasteiger partial charge >= 0.3 is 0 Å². The van der Waals surface area contributed by atoms with Crippen LogP contribution in [0.5, 0.6) is 0 Å². The zero-order valence-electron chi connectivity index (χ0n) is 12.2. The van der Waals surface area contributed by atoms with Crippen molar-refractivity contribution in [3.05, 3.63) is 47.5 Å². The van der Waals surface area contributed by atoms with Crippen LogP contribution in [-0.2, 0) is 9.59 Å². The normalized spacial score (nSPS) is 21.7. The van der Waals surface area contributed by atoms with E-state index >= 15 is 0 Å². The average Bonchev–Trinajstić information content (AvgIpc) is 3.03. The van der Waals surface area contributed by atoms with Crippen LogP contribution in [0.1, 0.15) is 24.4 Å². The predicted molar refractivity (Wildman–Crippen MR) is 85.4 cm³/mol. The van der Waals surface area contributed by atoms with Gasteiger partial charge in [-0.05, 0) is 12.0 Å². The molecule has 2 amide bonds. The molecule has 114 valence electrons. The van der Waals surface area contributed by atoms with E-state index in [2.05, 4.69) is 10.3 Å². The lowest BCUT2D eigenvalue weighted by molar-refractivity contribution is -0.140. The number of hydrogen-bond donors (Lipinski definition) is 1. The van der Waals surface area contributed by atoms with Crippen molar-refractivity contribution in [2.75, 3.05) is 12.4 Å². The van der Waals surface area contributed by atoms with Crippen LogP contribution in [0.15, 0.2) is 41.9 Å². The molecular weight excluding hydrogens is 298 g/mol. The summed E-state index contributed by atoms with van der Waals surface area (Å²) in [7, 11) is 1.77. The number of nitrogens with one attached hydrogen (secondary N) is 1. The van der Waals surface area contributed by atoms with Crippen molar-refractivity contribution in [2.24, 2.45) is 5.92 Å². The molecule has 0 saturated carbocycles. The molecule has 0 radical (unpaired) electrons. The van der Waals surface area contributed by atoms with Gasteiger partial charge in [0.25, 0.3) is 0 Å². The van der Waals surface area contributed by atoms with Crippen molar-refractivity contribution in [3.8, 4) is 0 Å². The van der Waals surface area contributed by atoms with Crippen molar-refractivity contribution in [1.82, 2.24) is 9.88 Å². The van der Waals surface area contributed by atoms with Gasteiger partial charge in [0.1, 0.15) is 0 Å². The smallest absolute Gasteiger partial charge is 0.231 e. The molecule has 3 rings (SSSR count). The standard InChI is InChI=1S/C16H17N3O2S/c1-19-13(20)8-7-12(14(19)11-5-3-2-4-6-11)15(21)18-16-17-9-10-22-16/h2-6,9-10,12,14H,7-8H2,1H3,(H,17,18,21)/t12-,14-/m1/s1. The number of hydrogen-bond acceptors (Lipinski definition) is 4. The summed E-state index contributed by atoms with van der Waals surface area (Å²) in [6.07, 6.45) is 2.61. The number of likely N-dealkylation sites (tertiary alicyclic amines) is 1. The molecule has 5 nitrogen and oxygen atoms in total. The molecule has 1 aromatic heterocycles. The molecule has 2 atom stereocenters. The molecule has 1 N–H and O–H groups in total. The molecule has 1 aliphatic rings. The zero-order chi connectivity index (χ0) is 15.5. The number of carbonyl (C=O) groups excluding carboxylic acids is 2. The second-order valence-corrected chi connectivity index (χ2v) is 6.23. The molecule has 0 aliphatic carbocycles.